The number of amides is 1. The molecule has 2 atom stereocenters. The summed E-state index contributed by atoms with van der Waals surface area (Å²) in [7, 11) is 1.67. The predicted octanol–water partition coefficient (Wildman–Crippen LogP) is 0.786. The number of nitrogens with zero attached hydrogens (tertiary/aromatic N) is 1. The van der Waals surface area contributed by atoms with Crippen molar-refractivity contribution in [2.45, 2.75) is 32.0 Å². The first-order chi connectivity index (χ1) is 8.63. The highest BCUT2D eigenvalue weighted by atomic mass is 16.5. The Kier molecular flexibility index (Phi) is 4.04. The van der Waals surface area contributed by atoms with Crippen molar-refractivity contribution in [2.75, 3.05) is 20.2 Å². The first-order valence-electron chi connectivity index (χ1n) is 6.34. The molecule has 0 aromatic carbocycles. The predicted molar refractivity (Wildman–Crippen MR) is 69.7 cm³/mol. The molecule has 1 saturated heterocycles. The monoisotopic (exact) mass is 251 g/mol. The molecule has 1 unspecified atom stereocenters. The van der Waals surface area contributed by atoms with Crippen molar-refractivity contribution in [1.29, 1.82) is 0 Å². The third-order valence-corrected chi connectivity index (χ3v) is 3.35. The van der Waals surface area contributed by atoms with Crippen LogP contribution >= 0.6 is 0 Å². The van der Waals surface area contributed by atoms with Gasteiger partial charge < -0.3 is 19.9 Å². The molecule has 0 spiro atoms. The van der Waals surface area contributed by atoms with Crippen molar-refractivity contribution in [3.8, 4) is 0 Å². The summed E-state index contributed by atoms with van der Waals surface area (Å²) in [5.41, 5.74) is 0.701. The normalized spacial score (nSPS) is 23.6. The van der Waals surface area contributed by atoms with E-state index in [4.69, 9.17) is 4.74 Å². The Bertz CT molecular complexity index is 414. The molecular weight excluding hydrogens is 230 g/mol. The third-order valence-electron chi connectivity index (χ3n) is 3.35. The van der Waals surface area contributed by atoms with Crippen LogP contribution in [0.2, 0.25) is 0 Å². The molecule has 2 heterocycles. The average Bonchev–Trinajstić information content (AvgIpc) is 2.96. The van der Waals surface area contributed by atoms with Crippen LogP contribution in [0.4, 0.5) is 0 Å². The highest BCUT2D eigenvalue weighted by Crippen LogP contribution is 2.12. The van der Waals surface area contributed by atoms with Crippen molar-refractivity contribution in [2.24, 2.45) is 0 Å². The minimum Gasteiger partial charge on any atom is -0.378 e. The maximum Gasteiger partial charge on any atom is 0.268 e. The van der Waals surface area contributed by atoms with Crippen LogP contribution in [-0.4, -0.2) is 42.8 Å². The van der Waals surface area contributed by atoms with Crippen molar-refractivity contribution in [3.63, 3.8) is 0 Å². The summed E-state index contributed by atoms with van der Waals surface area (Å²) in [6.07, 6.45) is 1.98. The number of carbonyl (C=O) groups excluding carboxylic acids is 1. The van der Waals surface area contributed by atoms with Gasteiger partial charge in [-0.05, 0) is 26.0 Å². The first-order valence-corrected chi connectivity index (χ1v) is 6.34. The molecule has 5 nitrogen and oxygen atoms in total. The second-order valence-electron chi connectivity index (χ2n) is 4.91. The molecule has 5 heteroatoms. The van der Waals surface area contributed by atoms with Crippen LogP contribution in [0.15, 0.2) is 18.3 Å². The zero-order valence-electron chi connectivity index (χ0n) is 11.1. The SMILES string of the molecule is CO[C@H]1CNCC1NC(=O)c1cccn1C(C)C. The van der Waals surface area contributed by atoms with Crippen molar-refractivity contribution in [1.82, 2.24) is 15.2 Å². The van der Waals surface area contributed by atoms with Gasteiger partial charge in [0.1, 0.15) is 5.69 Å². The van der Waals surface area contributed by atoms with Gasteiger partial charge in [0.2, 0.25) is 0 Å². The molecule has 1 amide bonds. The Morgan fingerprint density at radius 3 is 3.00 bits per heavy atom. The minimum atomic E-state index is -0.0375. The van der Waals surface area contributed by atoms with Gasteiger partial charge in [-0.1, -0.05) is 0 Å². The molecule has 18 heavy (non-hydrogen) atoms. The fourth-order valence-electron chi connectivity index (χ4n) is 2.33. The number of nitrogens with one attached hydrogen (secondary N) is 2. The van der Waals surface area contributed by atoms with Crippen LogP contribution in [0.3, 0.4) is 0 Å². The molecule has 0 aliphatic carbocycles. The maximum atomic E-state index is 12.2. The Labute approximate surface area is 108 Å². The van der Waals surface area contributed by atoms with Gasteiger partial charge in [0, 0.05) is 32.4 Å². The van der Waals surface area contributed by atoms with E-state index >= 15 is 0 Å². The van der Waals surface area contributed by atoms with E-state index in [-0.39, 0.29) is 24.1 Å². The minimum absolute atomic E-state index is 0.0375. The van der Waals surface area contributed by atoms with Gasteiger partial charge in [-0.15, -0.1) is 0 Å². The van der Waals surface area contributed by atoms with E-state index in [0.717, 1.165) is 13.1 Å². The van der Waals surface area contributed by atoms with Gasteiger partial charge in [0.25, 0.3) is 5.91 Å². The molecular formula is C13H21N3O2. The van der Waals surface area contributed by atoms with Gasteiger partial charge in [0.15, 0.2) is 0 Å². The second-order valence-corrected chi connectivity index (χ2v) is 4.91. The lowest BCUT2D eigenvalue weighted by atomic mass is 10.2. The fraction of sp³-hybridized carbons (Fsp3) is 0.615. The zero-order valence-corrected chi connectivity index (χ0v) is 11.1. The molecule has 1 aliphatic rings. The Morgan fingerprint density at radius 1 is 1.56 bits per heavy atom. The van der Waals surface area contributed by atoms with E-state index in [1.165, 1.54) is 0 Å². The van der Waals surface area contributed by atoms with Crippen molar-refractivity contribution >= 4 is 5.91 Å². The second kappa shape index (κ2) is 5.54. The van der Waals surface area contributed by atoms with E-state index in [1.807, 2.05) is 22.9 Å². The molecule has 1 aliphatic heterocycles. The maximum absolute atomic E-state index is 12.2. The third kappa shape index (κ3) is 2.57. The lowest BCUT2D eigenvalue weighted by Gasteiger charge is -2.20. The van der Waals surface area contributed by atoms with E-state index in [9.17, 15) is 4.79 Å². The van der Waals surface area contributed by atoms with E-state index in [2.05, 4.69) is 24.5 Å². The molecule has 0 radical (unpaired) electrons. The van der Waals surface area contributed by atoms with Crippen molar-refractivity contribution in [3.05, 3.63) is 24.0 Å². The molecule has 0 saturated carbocycles. The van der Waals surface area contributed by atoms with Crippen LogP contribution < -0.4 is 10.6 Å². The zero-order chi connectivity index (χ0) is 13.1. The number of ether oxygens (including phenoxy) is 1. The summed E-state index contributed by atoms with van der Waals surface area (Å²) in [6.45, 7) is 5.66. The quantitative estimate of drug-likeness (QED) is 0.831. The molecule has 1 aromatic heterocycles. The lowest BCUT2D eigenvalue weighted by molar-refractivity contribution is 0.0772. The number of methoxy groups -OCH3 is 1. The number of hydrogen-bond acceptors (Lipinski definition) is 3. The molecule has 2 rings (SSSR count). The summed E-state index contributed by atoms with van der Waals surface area (Å²) >= 11 is 0. The summed E-state index contributed by atoms with van der Waals surface area (Å²) in [5, 5.41) is 6.25. The first kappa shape index (κ1) is 13.1. The van der Waals surface area contributed by atoms with E-state index in [0.29, 0.717) is 5.69 Å². The largest absolute Gasteiger partial charge is 0.378 e. The standard InChI is InChI=1S/C13H21N3O2/c1-9(2)16-6-4-5-11(16)13(17)15-10-7-14-8-12(10)18-3/h4-6,9-10,12,14H,7-8H2,1-3H3,(H,15,17)/t10?,12-/m0/s1. The van der Waals surface area contributed by atoms with Crippen LogP contribution in [0.5, 0.6) is 0 Å². The van der Waals surface area contributed by atoms with Gasteiger partial charge in [-0.25, -0.2) is 0 Å². The fourth-order valence-corrected chi connectivity index (χ4v) is 2.33. The highest BCUT2D eigenvalue weighted by Gasteiger charge is 2.29. The molecule has 1 aromatic rings. The Balaban J connectivity index is 2.05. The number of aromatic nitrogens is 1. The van der Waals surface area contributed by atoms with Crippen LogP contribution in [-0.2, 0) is 4.74 Å². The number of carbonyl (C=O) groups is 1. The molecule has 1 fully saturated rings. The van der Waals surface area contributed by atoms with Gasteiger partial charge in [0.05, 0.1) is 12.1 Å². The van der Waals surface area contributed by atoms with Gasteiger partial charge >= 0.3 is 0 Å². The van der Waals surface area contributed by atoms with Gasteiger partial charge in [-0.3, -0.25) is 4.79 Å². The van der Waals surface area contributed by atoms with E-state index < -0.39 is 0 Å². The topological polar surface area (TPSA) is 55.3 Å². The average molecular weight is 251 g/mol. The van der Waals surface area contributed by atoms with Crippen LogP contribution in [0, 0.1) is 0 Å². The molecule has 100 valence electrons. The summed E-state index contributed by atoms with van der Waals surface area (Å²) in [6, 6.07) is 4.06. The van der Waals surface area contributed by atoms with E-state index in [1.54, 1.807) is 7.11 Å². The smallest absolute Gasteiger partial charge is 0.268 e. The lowest BCUT2D eigenvalue weighted by Crippen LogP contribution is -2.44. The number of rotatable bonds is 4. The Hall–Kier alpha value is -1.33. The van der Waals surface area contributed by atoms with Gasteiger partial charge in [-0.2, -0.15) is 0 Å². The van der Waals surface area contributed by atoms with Crippen LogP contribution in [0.1, 0.15) is 30.4 Å². The van der Waals surface area contributed by atoms with Crippen LogP contribution in [0.25, 0.3) is 0 Å². The highest BCUT2D eigenvalue weighted by molar-refractivity contribution is 5.93. The summed E-state index contributed by atoms with van der Waals surface area (Å²) in [4.78, 5) is 12.2. The summed E-state index contributed by atoms with van der Waals surface area (Å²) < 4.78 is 7.31. The number of hydrogen-bond donors (Lipinski definition) is 2. The molecule has 2 N–H and O–H groups in total. The summed E-state index contributed by atoms with van der Waals surface area (Å²) in [5.74, 6) is -0.0375. The molecule has 0 bridgehead atoms. The Morgan fingerprint density at radius 2 is 2.33 bits per heavy atom. The van der Waals surface area contributed by atoms with Crippen molar-refractivity contribution < 1.29 is 9.53 Å².